The lowest BCUT2D eigenvalue weighted by Crippen LogP contribution is -2.53. The maximum atomic E-state index is 13.3. The van der Waals surface area contributed by atoms with Crippen molar-refractivity contribution in [2.75, 3.05) is 19.6 Å². The van der Waals surface area contributed by atoms with Crippen LogP contribution in [0, 0.1) is 11.3 Å². The van der Waals surface area contributed by atoms with Crippen LogP contribution < -0.4 is 5.14 Å². The van der Waals surface area contributed by atoms with E-state index in [0.717, 1.165) is 49.0 Å². The third-order valence-electron chi connectivity index (χ3n) is 7.77. The number of nitrogens with two attached hydrogens (primary N) is 1. The van der Waals surface area contributed by atoms with Gasteiger partial charge in [0.25, 0.3) is 0 Å². The minimum absolute atomic E-state index is 0.0517. The van der Waals surface area contributed by atoms with Gasteiger partial charge in [0.2, 0.25) is 10.0 Å². The summed E-state index contributed by atoms with van der Waals surface area (Å²) in [7, 11) is -3.71. The minimum Gasteiger partial charge on any atom is -0.325 e. The molecular formula is C25H31N3O3S. The summed E-state index contributed by atoms with van der Waals surface area (Å²) in [5.41, 5.74) is 3.26. The van der Waals surface area contributed by atoms with E-state index in [0.29, 0.717) is 13.0 Å². The van der Waals surface area contributed by atoms with Crippen LogP contribution in [0.15, 0.2) is 54.6 Å². The fourth-order valence-corrected chi connectivity index (χ4v) is 6.60. The molecule has 2 aromatic rings. The zero-order chi connectivity index (χ0) is 22.5. The smallest absolute Gasteiger partial charge is 0.320 e. The molecule has 5 rings (SSSR count). The van der Waals surface area contributed by atoms with Gasteiger partial charge in [0.1, 0.15) is 0 Å². The zero-order valence-electron chi connectivity index (χ0n) is 18.5. The number of amides is 2. The first-order valence-corrected chi connectivity index (χ1v) is 13.1. The third-order valence-corrected chi connectivity index (χ3v) is 9.10. The number of hydrogen-bond donors (Lipinski definition) is 1. The van der Waals surface area contributed by atoms with Crippen LogP contribution in [0.3, 0.4) is 0 Å². The van der Waals surface area contributed by atoms with Gasteiger partial charge in [-0.1, -0.05) is 54.6 Å². The Morgan fingerprint density at radius 1 is 1.09 bits per heavy atom. The SMILES string of the molecule is CC(C1C(Cc2cccc(-c3ccccc3)c2)N(C(=O)N2CCC2)CC12CC2)S(N)(=O)=O. The van der Waals surface area contributed by atoms with E-state index >= 15 is 0 Å². The number of primary sulfonamides is 1. The molecule has 3 atom stereocenters. The van der Waals surface area contributed by atoms with E-state index in [9.17, 15) is 13.2 Å². The van der Waals surface area contributed by atoms with Gasteiger partial charge < -0.3 is 9.80 Å². The molecule has 170 valence electrons. The summed E-state index contributed by atoms with van der Waals surface area (Å²) in [5.74, 6) is -0.150. The first-order valence-electron chi connectivity index (χ1n) is 11.5. The molecule has 1 spiro atoms. The Labute approximate surface area is 190 Å². The lowest BCUT2D eigenvalue weighted by molar-refractivity contribution is 0.118. The van der Waals surface area contributed by atoms with E-state index in [1.54, 1.807) is 6.92 Å². The molecule has 2 saturated heterocycles. The summed E-state index contributed by atoms with van der Waals surface area (Å²) in [5, 5.41) is 4.96. The van der Waals surface area contributed by atoms with Crippen LogP contribution in [0.25, 0.3) is 11.1 Å². The first-order chi connectivity index (χ1) is 15.3. The number of sulfonamides is 1. The number of urea groups is 1. The Balaban J connectivity index is 1.49. The molecule has 3 aliphatic rings. The average molecular weight is 454 g/mol. The minimum atomic E-state index is -3.71. The van der Waals surface area contributed by atoms with Crippen LogP contribution in [0.1, 0.15) is 31.7 Å². The molecule has 0 aromatic heterocycles. The Kier molecular flexibility index (Phi) is 5.29. The molecular weight excluding hydrogens is 422 g/mol. The maximum absolute atomic E-state index is 13.3. The van der Waals surface area contributed by atoms with Crippen LogP contribution in [0.5, 0.6) is 0 Å². The molecule has 6 nitrogen and oxygen atoms in total. The second-order valence-corrected chi connectivity index (χ2v) is 11.7. The highest BCUT2D eigenvalue weighted by molar-refractivity contribution is 7.89. The summed E-state index contributed by atoms with van der Waals surface area (Å²) in [6.45, 7) is 3.93. The highest BCUT2D eigenvalue weighted by atomic mass is 32.2. The van der Waals surface area contributed by atoms with Crippen LogP contribution in [0.4, 0.5) is 4.79 Å². The van der Waals surface area contributed by atoms with Crippen molar-refractivity contribution >= 4 is 16.1 Å². The van der Waals surface area contributed by atoms with E-state index in [-0.39, 0.29) is 23.4 Å². The summed E-state index contributed by atoms with van der Waals surface area (Å²) in [6.07, 6.45) is 3.59. The molecule has 2 N–H and O–H groups in total. The Bertz CT molecular complexity index is 1110. The third kappa shape index (κ3) is 3.82. The number of nitrogens with zero attached hydrogens (tertiary/aromatic N) is 2. The monoisotopic (exact) mass is 453 g/mol. The molecule has 7 heteroatoms. The Hall–Kier alpha value is -2.38. The number of benzene rings is 2. The van der Waals surface area contributed by atoms with Gasteiger partial charge in [0.05, 0.1) is 5.25 Å². The largest absolute Gasteiger partial charge is 0.325 e. The van der Waals surface area contributed by atoms with Crippen molar-refractivity contribution in [3.05, 3.63) is 60.2 Å². The van der Waals surface area contributed by atoms with Crippen molar-refractivity contribution in [3.8, 4) is 11.1 Å². The summed E-state index contributed by atoms with van der Waals surface area (Å²) in [6, 6.07) is 18.5. The van der Waals surface area contributed by atoms with Gasteiger partial charge in [-0.25, -0.2) is 18.4 Å². The number of likely N-dealkylation sites (tertiary alicyclic amines) is 2. The quantitative estimate of drug-likeness (QED) is 0.752. The number of hydrogen-bond acceptors (Lipinski definition) is 3. The summed E-state index contributed by atoms with van der Waals surface area (Å²) in [4.78, 5) is 17.2. The van der Waals surface area contributed by atoms with E-state index in [1.807, 2.05) is 34.1 Å². The standard InChI is InChI=1S/C25H31N3O3S/c1-18(32(26,30)31)23-22(28(17-25(23)11-12-25)24(29)27-13-6-14-27)16-19-7-5-10-21(15-19)20-8-3-2-4-9-20/h2-5,7-10,15,18,22-23H,6,11-14,16-17H2,1H3,(H2,26,30,31). The van der Waals surface area contributed by atoms with E-state index in [4.69, 9.17) is 5.14 Å². The maximum Gasteiger partial charge on any atom is 0.320 e. The molecule has 0 bridgehead atoms. The molecule has 2 heterocycles. The van der Waals surface area contributed by atoms with Crippen molar-refractivity contribution in [2.24, 2.45) is 16.5 Å². The van der Waals surface area contributed by atoms with E-state index < -0.39 is 15.3 Å². The summed E-state index contributed by atoms with van der Waals surface area (Å²) < 4.78 is 24.8. The molecule has 2 aliphatic heterocycles. The molecule has 2 aromatic carbocycles. The number of carbonyl (C=O) groups excluding carboxylic acids is 1. The molecule has 3 unspecified atom stereocenters. The van der Waals surface area contributed by atoms with E-state index in [1.165, 1.54) is 0 Å². The average Bonchev–Trinajstić information content (AvgIpc) is 3.43. The Morgan fingerprint density at radius 3 is 2.38 bits per heavy atom. The predicted molar refractivity (Wildman–Crippen MR) is 125 cm³/mol. The summed E-state index contributed by atoms with van der Waals surface area (Å²) >= 11 is 0. The lowest BCUT2D eigenvalue weighted by Gasteiger charge is -2.38. The molecule has 2 amide bonds. The van der Waals surface area contributed by atoms with Gasteiger partial charge in [0.15, 0.2) is 0 Å². The number of carbonyl (C=O) groups is 1. The van der Waals surface area contributed by atoms with Gasteiger partial charge in [-0.15, -0.1) is 0 Å². The molecule has 32 heavy (non-hydrogen) atoms. The lowest BCUT2D eigenvalue weighted by atomic mass is 9.82. The number of rotatable bonds is 5. The van der Waals surface area contributed by atoms with Crippen molar-refractivity contribution < 1.29 is 13.2 Å². The molecule has 1 aliphatic carbocycles. The fourth-order valence-electron chi connectivity index (χ4n) is 5.72. The van der Waals surface area contributed by atoms with Crippen LogP contribution in [0.2, 0.25) is 0 Å². The van der Waals surface area contributed by atoms with Crippen molar-refractivity contribution in [1.82, 2.24) is 9.80 Å². The second kappa shape index (κ2) is 7.89. The normalized spacial score (nSPS) is 24.9. The van der Waals surface area contributed by atoms with Crippen LogP contribution in [-0.4, -0.2) is 55.2 Å². The van der Waals surface area contributed by atoms with E-state index in [2.05, 4.69) is 30.3 Å². The van der Waals surface area contributed by atoms with Gasteiger partial charge in [-0.05, 0) is 54.7 Å². The zero-order valence-corrected chi connectivity index (χ0v) is 19.3. The van der Waals surface area contributed by atoms with Crippen molar-refractivity contribution in [3.63, 3.8) is 0 Å². The topological polar surface area (TPSA) is 83.7 Å². The molecule has 0 radical (unpaired) electrons. The van der Waals surface area contributed by atoms with Gasteiger partial charge in [-0.3, -0.25) is 0 Å². The Morgan fingerprint density at radius 2 is 1.78 bits per heavy atom. The molecule has 1 saturated carbocycles. The second-order valence-electron chi connectivity index (χ2n) is 9.77. The predicted octanol–water partition coefficient (Wildman–Crippen LogP) is 3.48. The van der Waals surface area contributed by atoms with Crippen LogP contribution >= 0.6 is 0 Å². The highest BCUT2D eigenvalue weighted by Gasteiger charge is 2.63. The fraction of sp³-hybridized carbons (Fsp3) is 0.480. The van der Waals surface area contributed by atoms with Gasteiger partial charge >= 0.3 is 6.03 Å². The van der Waals surface area contributed by atoms with Crippen molar-refractivity contribution in [2.45, 2.75) is 43.9 Å². The van der Waals surface area contributed by atoms with Crippen molar-refractivity contribution in [1.29, 1.82) is 0 Å². The molecule has 3 fully saturated rings. The first kappa shape index (κ1) is 21.5. The van der Waals surface area contributed by atoms with Gasteiger partial charge in [-0.2, -0.15) is 0 Å². The van der Waals surface area contributed by atoms with Gasteiger partial charge in [0, 0.05) is 31.6 Å². The van der Waals surface area contributed by atoms with Crippen LogP contribution in [-0.2, 0) is 16.4 Å². The highest BCUT2D eigenvalue weighted by Crippen LogP contribution is 2.60.